The van der Waals surface area contributed by atoms with Gasteiger partial charge in [0, 0.05) is 24.1 Å². The maximum atomic E-state index is 12.2. The van der Waals surface area contributed by atoms with E-state index >= 15 is 0 Å². The van der Waals surface area contributed by atoms with Crippen molar-refractivity contribution in [2.75, 3.05) is 6.54 Å². The zero-order valence-corrected chi connectivity index (χ0v) is 13.3. The summed E-state index contributed by atoms with van der Waals surface area (Å²) >= 11 is 0.997. The fourth-order valence-electron chi connectivity index (χ4n) is 2.43. The first-order valence-corrected chi connectivity index (χ1v) is 7.91. The lowest BCUT2D eigenvalue weighted by Gasteiger charge is -2.08. The summed E-state index contributed by atoms with van der Waals surface area (Å²) in [5.41, 5.74) is 3.08. The van der Waals surface area contributed by atoms with E-state index < -0.39 is 0 Å². The molecule has 0 radical (unpaired) electrons. The lowest BCUT2D eigenvalue weighted by atomic mass is 10.2. The van der Waals surface area contributed by atoms with Crippen molar-refractivity contribution in [1.29, 1.82) is 0 Å². The van der Waals surface area contributed by atoms with Crippen molar-refractivity contribution in [2.24, 2.45) is 0 Å². The molecule has 22 heavy (non-hydrogen) atoms. The van der Waals surface area contributed by atoms with Crippen LogP contribution in [0.25, 0.3) is 11.8 Å². The first-order chi connectivity index (χ1) is 10.6. The Bertz CT molecular complexity index is 776. The molecule has 112 valence electrons. The molecule has 1 aliphatic rings. The van der Waals surface area contributed by atoms with Gasteiger partial charge in [-0.05, 0) is 61.5 Å². The van der Waals surface area contributed by atoms with E-state index in [1.165, 1.54) is 10.5 Å². The molecule has 2 aromatic rings. The second kappa shape index (κ2) is 5.85. The van der Waals surface area contributed by atoms with Crippen LogP contribution in [0, 0.1) is 6.92 Å². The molecule has 0 aliphatic carbocycles. The number of carbonyl (C=O) groups excluding carboxylic acids is 2. The van der Waals surface area contributed by atoms with Crippen LogP contribution in [0.15, 0.2) is 47.5 Å². The Kier molecular flexibility index (Phi) is 3.90. The highest BCUT2D eigenvalue weighted by Crippen LogP contribution is 2.32. The van der Waals surface area contributed by atoms with E-state index in [1.54, 1.807) is 13.0 Å². The Hall–Kier alpha value is -2.27. The van der Waals surface area contributed by atoms with Gasteiger partial charge in [0.1, 0.15) is 0 Å². The summed E-state index contributed by atoms with van der Waals surface area (Å²) in [5.74, 6) is -0.213. The van der Waals surface area contributed by atoms with Crippen molar-refractivity contribution in [1.82, 2.24) is 9.47 Å². The van der Waals surface area contributed by atoms with Gasteiger partial charge in [-0.15, -0.1) is 0 Å². The van der Waals surface area contributed by atoms with Crippen molar-refractivity contribution in [2.45, 2.75) is 13.8 Å². The number of hydrogen-bond donors (Lipinski definition) is 0. The molecule has 0 spiro atoms. The third-order valence-electron chi connectivity index (χ3n) is 3.53. The van der Waals surface area contributed by atoms with Crippen LogP contribution in [-0.4, -0.2) is 27.2 Å². The topological polar surface area (TPSA) is 42.3 Å². The molecule has 2 heterocycles. The highest BCUT2D eigenvalue weighted by molar-refractivity contribution is 8.18. The molecule has 1 fully saturated rings. The predicted molar refractivity (Wildman–Crippen MR) is 88.9 cm³/mol. The number of nitrogens with zero attached hydrogens (tertiary/aromatic N) is 2. The Morgan fingerprint density at radius 3 is 2.68 bits per heavy atom. The number of aromatic nitrogens is 1. The average molecular weight is 312 g/mol. The molecule has 0 saturated carbocycles. The summed E-state index contributed by atoms with van der Waals surface area (Å²) in [6.07, 6.45) is 3.73. The van der Waals surface area contributed by atoms with Crippen LogP contribution >= 0.6 is 11.8 Å². The second-order valence-corrected chi connectivity index (χ2v) is 6.06. The molecule has 3 rings (SSSR count). The van der Waals surface area contributed by atoms with Gasteiger partial charge >= 0.3 is 0 Å². The van der Waals surface area contributed by atoms with Crippen LogP contribution in [0.1, 0.15) is 18.2 Å². The molecule has 2 amide bonds. The third kappa shape index (κ3) is 2.60. The molecular weight excluding hydrogens is 296 g/mol. The highest BCUT2D eigenvalue weighted by Gasteiger charge is 2.33. The van der Waals surface area contributed by atoms with Gasteiger partial charge in [0.25, 0.3) is 11.1 Å². The van der Waals surface area contributed by atoms with E-state index in [4.69, 9.17) is 0 Å². The van der Waals surface area contributed by atoms with Gasteiger partial charge in [0.05, 0.1) is 4.91 Å². The minimum absolute atomic E-state index is 0.201. The summed E-state index contributed by atoms with van der Waals surface area (Å²) in [6.45, 7) is 4.24. The smallest absolute Gasteiger partial charge is 0.293 e. The minimum Gasteiger partial charge on any atom is -0.317 e. The van der Waals surface area contributed by atoms with Crippen LogP contribution in [0.2, 0.25) is 0 Å². The van der Waals surface area contributed by atoms with Crippen LogP contribution in [-0.2, 0) is 4.79 Å². The van der Waals surface area contributed by atoms with Gasteiger partial charge in [0.2, 0.25) is 0 Å². The van der Waals surface area contributed by atoms with Gasteiger partial charge in [-0.2, -0.15) is 0 Å². The fraction of sp³-hybridized carbons (Fsp3) is 0.176. The molecule has 0 bridgehead atoms. The molecule has 0 atom stereocenters. The number of rotatable bonds is 3. The first kappa shape index (κ1) is 14.7. The number of carbonyl (C=O) groups is 2. The maximum absolute atomic E-state index is 12.2. The number of aryl methyl sites for hydroxylation is 1. The Morgan fingerprint density at radius 1 is 1.18 bits per heavy atom. The molecule has 4 nitrogen and oxygen atoms in total. The van der Waals surface area contributed by atoms with Gasteiger partial charge in [-0.25, -0.2) is 0 Å². The summed E-state index contributed by atoms with van der Waals surface area (Å²) in [5, 5.41) is -0.201. The quantitative estimate of drug-likeness (QED) is 0.809. The number of imide groups is 1. The highest BCUT2D eigenvalue weighted by atomic mass is 32.2. The number of benzene rings is 1. The zero-order valence-electron chi connectivity index (χ0n) is 12.4. The summed E-state index contributed by atoms with van der Waals surface area (Å²) in [6, 6.07) is 12.0. The SMILES string of the molecule is CCN1C(=O)SC(=Cc2cccn2-c2cccc(C)c2)C1=O. The maximum Gasteiger partial charge on any atom is 0.293 e. The first-order valence-electron chi connectivity index (χ1n) is 7.10. The lowest BCUT2D eigenvalue weighted by Crippen LogP contribution is -2.27. The molecule has 0 unspecified atom stereocenters. The van der Waals surface area contributed by atoms with E-state index in [0.717, 1.165) is 23.1 Å². The van der Waals surface area contributed by atoms with E-state index in [0.29, 0.717) is 11.4 Å². The van der Waals surface area contributed by atoms with Gasteiger partial charge < -0.3 is 4.57 Å². The standard InChI is InChI=1S/C17H16N2O2S/c1-3-18-16(20)15(22-17(18)21)11-14-8-5-9-19(14)13-7-4-6-12(2)10-13/h4-11H,3H2,1-2H3. The van der Waals surface area contributed by atoms with Crippen molar-refractivity contribution in [3.63, 3.8) is 0 Å². The monoisotopic (exact) mass is 312 g/mol. The molecular formula is C17H16N2O2S. The molecule has 1 aromatic carbocycles. The predicted octanol–water partition coefficient (Wildman–Crippen LogP) is 3.84. The summed E-state index contributed by atoms with van der Waals surface area (Å²) in [4.78, 5) is 25.7. The number of hydrogen-bond acceptors (Lipinski definition) is 3. The van der Waals surface area contributed by atoms with Crippen molar-refractivity contribution in [3.05, 3.63) is 58.8 Å². The molecule has 1 aliphatic heterocycles. The lowest BCUT2D eigenvalue weighted by molar-refractivity contribution is -0.122. The molecule has 1 saturated heterocycles. The fourth-order valence-corrected chi connectivity index (χ4v) is 3.32. The average Bonchev–Trinajstić information content (AvgIpc) is 3.05. The Labute approximate surface area is 133 Å². The molecule has 5 heteroatoms. The van der Waals surface area contributed by atoms with E-state index in [1.807, 2.05) is 48.0 Å². The number of thioether (sulfide) groups is 1. The van der Waals surface area contributed by atoms with Gasteiger partial charge in [-0.1, -0.05) is 12.1 Å². The van der Waals surface area contributed by atoms with Crippen LogP contribution in [0.5, 0.6) is 0 Å². The van der Waals surface area contributed by atoms with Gasteiger partial charge in [0.15, 0.2) is 0 Å². The minimum atomic E-state index is -0.213. The summed E-state index contributed by atoms with van der Waals surface area (Å²) in [7, 11) is 0. The van der Waals surface area contributed by atoms with Crippen LogP contribution in [0.3, 0.4) is 0 Å². The van der Waals surface area contributed by atoms with Crippen LogP contribution in [0.4, 0.5) is 4.79 Å². The van der Waals surface area contributed by atoms with E-state index in [-0.39, 0.29) is 11.1 Å². The zero-order chi connectivity index (χ0) is 15.7. The van der Waals surface area contributed by atoms with Crippen molar-refractivity contribution >= 4 is 29.0 Å². The van der Waals surface area contributed by atoms with Gasteiger partial charge in [-0.3, -0.25) is 14.5 Å². The number of amides is 2. The molecule has 1 aromatic heterocycles. The molecule has 0 N–H and O–H groups in total. The third-order valence-corrected chi connectivity index (χ3v) is 4.44. The number of likely N-dealkylation sites (N-methyl/N-ethyl adjacent to an activating group) is 1. The largest absolute Gasteiger partial charge is 0.317 e. The normalized spacial score (nSPS) is 16.8. The van der Waals surface area contributed by atoms with Crippen molar-refractivity contribution in [3.8, 4) is 5.69 Å². The Balaban J connectivity index is 1.98. The Morgan fingerprint density at radius 2 is 2.00 bits per heavy atom. The second-order valence-electron chi connectivity index (χ2n) is 5.07. The van der Waals surface area contributed by atoms with Crippen LogP contribution < -0.4 is 0 Å². The van der Waals surface area contributed by atoms with E-state index in [9.17, 15) is 9.59 Å². The summed E-state index contributed by atoms with van der Waals surface area (Å²) < 4.78 is 2.01. The van der Waals surface area contributed by atoms with Crippen molar-refractivity contribution < 1.29 is 9.59 Å². The van der Waals surface area contributed by atoms with E-state index in [2.05, 4.69) is 6.07 Å².